The predicted octanol–water partition coefficient (Wildman–Crippen LogP) is 2.82. The predicted molar refractivity (Wildman–Crippen MR) is 74.6 cm³/mol. The molecule has 1 saturated carbocycles. The molecule has 1 fully saturated rings. The third-order valence-electron chi connectivity index (χ3n) is 3.36. The van der Waals surface area contributed by atoms with E-state index in [1.165, 1.54) is 24.1 Å². The molecule has 1 unspecified atom stereocenters. The first-order valence-corrected chi connectivity index (χ1v) is 6.66. The zero-order valence-electron chi connectivity index (χ0n) is 11.2. The van der Waals surface area contributed by atoms with Crippen LogP contribution in [0.1, 0.15) is 25.3 Å². The van der Waals surface area contributed by atoms with Gasteiger partial charge in [0.05, 0.1) is 0 Å². The van der Waals surface area contributed by atoms with Crippen LogP contribution >= 0.6 is 0 Å². The first kappa shape index (κ1) is 12.4. The van der Waals surface area contributed by atoms with E-state index >= 15 is 0 Å². The van der Waals surface area contributed by atoms with E-state index in [-0.39, 0.29) is 0 Å². The molecule has 1 aromatic carbocycles. The Morgan fingerprint density at radius 1 is 1.41 bits per heavy atom. The number of anilines is 1. The minimum Gasteiger partial charge on any atom is -0.374 e. The second-order valence-corrected chi connectivity index (χ2v) is 5.51. The van der Waals surface area contributed by atoms with Crippen LogP contribution in [0.2, 0.25) is 0 Å². The molecular weight excluding hydrogens is 208 g/mol. The van der Waals surface area contributed by atoms with Gasteiger partial charge >= 0.3 is 0 Å². The van der Waals surface area contributed by atoms with Crippen LogP contribution < -0.4 is 10.2 Å². The van der Waals surface area contributed by atoms with E-state index in [1.54, 1.807) is 0 Å². The van der Waals surface area contributed by atoms with E-state index in [9.17, 15) is 0 Å². The Morgan fingerprint density at radius 3 is 2.82 bits per heavy atom. The number of hydrogen-bond donors (Lipinski definition) is 1. The Balaban J connectivity index is 1.80. The molecule has 0 radical (unpaired) electrons. The quantitative estimate of drug-likeness (QED) is 0.811. The summed E-state index contributed by atoms with van der Waals surface area (Å²) in [6, 6.07) is 9.54. The van der Waals surface area contributed by atoms with E-state index in [0.29, 0.717) is 5.92 Å². The van der Waals surface area contributed by atoms with Crippen molar-refractivity contribution in [2.45, 2.75) is 32.7 Å². The van der Waals surface area contributed by atoms with Gasteiger partial charge in [-0.3, -0.25) is 0 Å². The number of rotatable bonds is 6. The fourth-order valence-electron chi connectivity index (χ4n) is 2.16. The summed E-state index contributed by atoms with van der Waals surface area (Å²) < 4.78 is 0. The van der Waals surface area contributed by atoms with Crippen molar-refractivity contribution >= 4 is 5.69 Å². The van der Waals surface area contributed by atoms with Crippen LogP contribution in [0.25, 0.3) is 0 Å². The van der Waals surface area contributed by atoms with E-state index in [2.05, 4.69) is 55.4 Å². The van der Waals surface area contributed by atoms with Gasteiger partial charge in [-0.1, -0.05) is 19.1 Å². The standard InChI is InChI=1S/C15H24N2/c1-12-5-4-6-15(9-12)17(3)11-13(2)10-16-14-7-8-14/h4-6,9,13-14,16H,7-8,10-11H2,1-3H3. The van der Waals surface area contributed by atoms with Crippen molar-refractivity contribution in [3.63, 3.8) is 0 Å². The average molecular weight is 232 g/mol. The van der Waals surface area contributed by atoms with Gasteiger partial charge in [-0.25, -0.2) is 0 Å². The summed E-state index contributed by atoms with van der Waals surface area (Å²) in [5.74, 6) is 0.695. The number of nitrogens with zero attached hydrogens (tertiary/aromatic N) is 1. The van der Waals surface area contributed by atoms with Gasteiger partial charge in [-0.15, -0.1) is 0 Å². The summed E-state index contributed by atoms with van der Waals surface area (Å²) in [5.41, 5.74) is 2.65. The van der Waals surface area contributed by atoms with Crippen molar-refractivity contribution in [1.82, 2.24) is 5.32 Å². The molecule has 0 amide bonds. The monoisotopic (exact) mass is 232 g/mol. The molecule has 1 atom stereocenters. The summed E-state index contributed by atoms with van der Waals surface area (Å²) in [5, 5.41) is 3.60. The van der Waals surface area contributed by atoms with Gasteiger partial charge < -0.3 is 10.2 Å². The molecule has 2 rings (SSSR count). The molecule has 0 aromatic heterocycles. The van der Waals surface area contributed by atoms with Crippen LogP contribution in [0.4, 0.5) is 5.69 Å². The first-order chi connectivity index (χ1) is 8.15. The average Bonchev–Trinajstić information content (AvgIpc) is 3.10. The van der Waals surface area contributed by atoms with Crippen LogP contribution in [-0.2, 0) is 0 Å². The fraction of sp³-hybridized carbons (Fsp3) is 0.600. The lowest BCUT2D eigenvalue weighted by atomic mass is 10.1. The second kappa shape index (κ2) is 5.54. The van der Waals surface area contributed by atoms with Gasteiger partial charge in [0.15, 0.2) is 0 Å². The molecule has 1 aliphatic carbocycles. The first-order valence-electron chi connectivity index (χ1n) is 6.66. The van der Waals surface area contributed by atoms with Gasteiger partial charge in [0.1, 0.15) is 0 Å². The van der Waals surface area contributed by atoms with Crippen LogP contribution in [0, 0.1) is 12.8 Å². The minimum absolute atomic E-state index is 0.695. The van der Waals surface area contributed by atoms with E-state index in [4.69, 9.17) is 0 Å². The van der Waals surface area contributed by atoms with Crippen LogP contribution in [0.15, 0.2) is 24.3 Å². The smallest absolute Gasteiger partial charge is 0.0366 e. The summed E-state index contributed by atoms with van der Waals surface area (Å²) in [6.07, 6.45) is 2.75. The third-order valence-corrected chi connectivity index (χ3v) is 3.36. The van der Waals surface area contributed by atoms with Crippen LogP contribution in [-0.4, -0.2) is 26.2 Å². The molecule has 0 aliphatic heterocycles. The maximum atomic E-state index is 3.60. The zero-order valence-corrected chi connectivity index (χ0v) is 11.2. The Bertz CT molecular complexity index is 358. The fourth-order valence-corrected chi connectivity index (χ4v) is 2.16. The van der Waals surface area contributed by atoms with E-state index < -0.39 is 0 Å². The summed E-state index contributed by atoms with van der Waals surface area (Å²) >= 11 is 0. The normalized spacial score (nSPS) is 16.9. The zero-order chi connectivity index (χ0) is 12.3. The third kappa shape index (κ3) is 4.04. The van der Waals surface area contributed by atoms with Gasteiger partial charge in [-0.2, -0.15) is 0 Å². The largest absolute Gasteiger partial charge is 0.374 e. The Labute approximate surface area is 105 Å². The SMILES string of the molecule is Cc1cccc(N(C)CC(C)CNC2CC2)c1. The van der Waals surface area contributed by atoms with Crippen molar-refractivity contribution in [1.29, 1.82) is 0 Å². The Morgan fingerprint density at radius 2 is 2.18 bits per heavy atom. The number of nitrogens with one attached hydrogen (secondary N) is 1. The highest BCUT2D eigenvalue weighted by Gasteiger charge is 2.21. The Kier molecular flexibility index (Phi) is 4.06. The Hall–Kier alpha value is -1.02. The van der Waals surface area contributed by atoms with Crippen molar-refractivity contribution in [3.05, 3.63) is 29.8 Å². The molecule has 1 aromatic rings. The molecule has 0 heterocycles. The highest BCUT2D eigenvalue weighted by molar-refractivity contribution is 5.47. The van der Waals surface area contributed by atoms with Crippen molar-refractivity contribution in [2.24, 2.45) is 5.92 Å². The molecule has 1 aliphatic rings. The molecule has 0 saturated heterocycles. The lowest BCUT2D eigenvalue weighted by Gasteiger charge is -2.24. The molecule has 2 heteroatoms. The van der Waals surface area contributed by atoms with Crippen molar-refractivity contribution < 1.29 is 0 Å². The molecule has 94 valence electrons. The lowest BCUT2D eigenvalue weighted by molar-refractivity contribution is 0.511. The number of aryl methyl sites for hydroxylation is 1. The molecule has 2 nitrogen and oxygen atoms in total. The van der Waals surface area contributed by atoms with E-state index in [0.717, 1.165) is 19.1 Å². The molecule has 1 N–H and O–H groups in total. The summed E-state index contributed by atoms with van der Waals surface area (Å²) in [4.78, 5) is 2.35. The van der Waals surface area contributed by atoms with Crippen molar-refractivity contribution in [3.8, 4) is 0 Å². The minimum atomic E-state index is 0.695. The summed E-state index contributed by atoms with van der Waals surface area (Å²) in [6.45, 7) is 6.72. The van der Waals surface area contributed by atoms with E-state index in [1.807, 2.05) is 0 Å². The highest BCUT2D eigenvalue weighted by atomic mass is 15.1. The van der Waals surface area contributed by atoms with Crippen molar-refractivity contribution in [2.75, 3.05) is 25.0 Å². The maximum absolute atomic E-state index is 3.60. The van der Waals surface area contributed by atoms with Crippen LogP contribution in [0.5, 0.6) is 0 Å². The summed E-state index contributed by atoms with van der Waals surface area (Å²) in [7, 11) is 2.18. The molecular formula is C15H24N2. The maximum Gasteiger partial charge on any atom is 0.0366 e. The van der Waals surface area contributed by atoms with Gasteiger partial charge in [0, 0.05) is 25.3 Å². The number of hydrogen-bond acceptors (Lipinski definition) is 2. The van der Waals surface area contributed by atoms with Gasteiger partial charge in [0.25, 0.3) is 0 Å². The molecule has 17 heavy (non-hydrogen) atoms. The molecule has 0 spiro atoms. The number of benzene rings is 1. The highest BCUT2D eigenvalue weighted by Crippen LogP contribution is 2.19. The van der Waals surface area contributed by atoms with Gasteiger partial charge in [-0.05, 0) is 49.9 Å². The second-order valence-electron chi connectivity index (χ2n) is 5.51. The molecule has 0 bridgehead atoms. The van der Waals surface area contributed by atoms with Crippen LogP contribution in [0.3, 0.4) is 0 Å². The topological polar surface area (TPSA) is 15.3 Å². The van der Waals surface area contributed by atoms with Gasteiger partial charge in [0.2, 0.25) is 0 Å². The lowest BCUT2D eigenvalue weighted by Crippen LogP contribution is -2.31.